The molecule has 0 unspecified atom stereocenters. The van der Waals surface area contributed by atoms with Crippen molar-refractivity contribution in [1.82, 2.24) is 10.3 Å². The molecule has 2 N–H and O–H groups in total. The number of rotatable bonds is 9. The standard InChI is InChI=1S/C25H26N2O3/c28-24(27-17-19-4-2-1-3-5-19)16-22-9-6-21(18-26-22)20-7-10-23(11-8-20)30-15-14-25(29)12-13-25/h1-11,18,29H,12-17H2,(H,27,28). The zero-order valence-corrected chi connectivity index (χ0v) is 16.9. The molecule has 1 aromatic heterocycles. The Balaban J connectivity index is 1.26. The maximum absolute atomic E-state index is 12.1. The van der Waals surface area contributed by atoms with Crippen LogP contribution < -0.4 is 10.1 Å². The van der Waals surface area contributed by atoms with E-state index in [1.54, 1.807) is 6.20 Å². The summed E-state index contributed by atoms with van der Waals surface area (Å²) in [7, 11) is 0. The molecule has 0 atom stereocenters. The third kappa shape index (κ3) is 5.67. The minimum absolute atomic E-state index is 0.0449. The summed E-state index contributed by atoms with van der Waals surface area (Å²) in [6.07, 6.45) is 4.49. The van der Waals surface area contributed by atoms with Crippen molar-refractivity contribution >= 4 is 5.91 Å². The van der Waals surface area contributed by atoms with Gasteiger partial charge >= 0.3 is 0 Å². The third-order valence-corrected chi connectivity index (χ3v) is 5.35. The van der Waals surface area contributed by atoms with Crippen LogP contribution in [-0.4, -0.2) is 28.2 Å². The Hall–Kier alpha value is -3.18. The highest BCUT2D eigenvalue weighted by molar-refractivity contribution is 5.78. The van der Waals surface area contributed by atoms with Gasteiger partial charge in [-0.3, -0.25) is 9.78 Å². The molecule has 1 aliphatic rings. The molecule has 0 spiro atoms. The first-order chi connectivity index (χ1) is 14.6. The molecule has 2 aromatic carbocycles. The Labute approximate surface area is 176 Å². The Bertz CT molecular complexity index is 966. The van der Waals surface area contributed by atoms with Crippen molar-refractivity contribution in [3.63, 3.8) is 0 Å². The van der Waals surface area contributed by atoms with Crippen LogP contribution in [0.1, 0.15) is 30.5 Å². The number of aromatic nitrogens is 1. The molecule has 0 radical (unpaired) electrons. The number of pyridine rings is 1. The van der Waals surface area contributed by atoms with Gasteiger partial charge in [0, 0.05) is 30.4 Å². The van der Waals surface area contributed by atoms with Crippen LogP contribution in [0.3, 0.4) is 0 Å². The molecule has 5 nitrogen and oxygen atoms in total. The van der Waals surface area contributed by atoms with E-state index in [9.17, 15) is 9.90 Å². The smallest absolute Gasteiger partial charge is 0.226 e. The second-order valence-electron chi connectivity index (χ2n) is 7.82. The van der Waals surface area contributed by atoms with Crippen LogP contribution in [0.2, 0.25) is 0 Å². The van der Waals surface area contributed by atoms with Crippen LogP contribution in [0.15, 0.2) is 72.9 Å². The number of nitrogens with one attached hydrogen (secondary N) is 1. The van der Waals surface area contributed by atoms with Crippen molar-refractivity contribution in [2.24, 2.45) is 0 Å². The molecule has 0 saturated heterocycles. The van der Waals surface area contributed by atoms with Crippen molar-refractivity contribution in [3.05, 3.63) is 84.2 Å². The summed E-state index contributed by atoms with van der Waals surface area (Å²) in [4.78, 5) is 16.6. The highest BCUT2D eigenvalue weighted by atomic mass is 16.5. The minimum Gasteiger partial charge on any atom is -0.493 e. The van der Waals surface area contributed by atoms with Crippen molar-refractivity contribution in [3.8, 4) is 16.9 Å². The summed E-state index contributed by atoms with van der Waals surface area (Å²) in [5.41, 5.74) is 3.36. The number of aliphatic hydroxyl groups is 1. The normalized spacial score (nSPS) is 14.2. The fourth-order valence-corrected chi connectivity index (χ4v) is 3.22. The highest BCUT2D eigenvalue weighted by Crippen LogP contribution is 2.38. The predicted octanol–water partition coefficient (Wildman–Crippen LogP) is 3.90. The predicted molar refractivity (Wildman–Crippen MR) is 116 cm³/mol. The van der Waals surface area contributed by atoms with Gasteiger partial charge in [0.25, 0.3) is 0 Å². The molecular weight excluding hydrogens is 376 g/mol. The summed E-state index contributed by atoms with van der Waals surface area (Å²) in [5, 5.41) is 12.8. The van der Waals surface area contributed by atoms with Crippen molar-refractivity contribution in [2.45, 2.75) is 37.8 Å². The van der Waals surface area contributed by atoms with Gasteiger partial charge in [-0.2, -0.15) is 0 Å². The number of carbonyl (C=O) groups excluding carboxylic acids is 1. The van der Waals surface area contributed by atoms with Gasteiger partial charge in [-0.25, -0.2) is 0 Å². The largest absolute Gasteiger partial charge is 0.493 e. The van der Waals surface area contributed by atoms with Crippen LogP contribution in [0.4, 0.5) is 0 Å². The molecule has 1 fully saturated rings. The first-order valence-corrected chi connectivity index (χ1v) is 10.3. The van der Waals surface area contributed by atoms with Crippen molar-refractivity contribution in [1.29, 1.82) is 0 Å². The van der Waals surface area contributed by atoms with E-state index >= 15 is 0 Å². The van der Waals surface area contributed by atoms with Crippen LogP contribution in [-0.2, 0) is 17.8 Å². The fourth-order valence-electron chi connectivity index (χ4n) is 3.22. The number of carbonyl (C=O) groups is 1. The molecule has 1 saturated carbocycles. The summed E-state index contributed by atoms with van der Waals surface area (Å²) in [6, 6.07) is 21.5. The van der Waals surface area contributed by atoms with E-state index in [0.717, 1.165) is 41.0 Å². The molecule has 0 bridgehead atoms. The Kier molecular flexibility index (Phi) is 6.10. The van der Waals surface area contributed by atoms with E-state index in [2.05, 4.69) is 10.3 Å². The highest BCUT2D eigenvalue weighted by Gasteiger charge is 2.39. The second kappa shape index (κ2) is 9.09. The molecule has 1 aliphatic carbocycles. The molecule has 30 heavy (non-hydrogen) atoms. The zero-order chi connectivity index (χ0) is 20.8. The Morgan fingerprint density at radius 1 is 1.00 bits per heavy atom. The maximum Gasteiger partial charge on any atom is 0.226 e. The number of nitrogens with zero attached hydrogens (tertiary/aromatic N) is 1. The quantitative estimate of drug-likeness (QED) is 0.569. The molecule has 154 valence electrons. The van der Waals surface area contributed by atoms with Crippen LogP contribution in [0.5, 0.6) is 5.75 Å². The van der Waals surface area contributed by atoms with Crippen LogP contribution in [0.25, 0.3) is 11.1 Å². The third-order valence-electron chi connectivity index (χ3n) is 5.35. The van der Waals surface area contributed by atoms with Gasteiger partial charge in [0.1, 0.15) is 5.75 Å². The lowest BCUT2D eigenvalue weighted by molar-refractivity contribution is -0.120. The zero-order valence-electron chi connectivity index (χ0n) is 16.9. The van der Waals surface area contributed by atoms with Gasteiger partial charge in [0.05, 0.1) is 18.6 Å². The summed E-state index contributed by atoms with van der Waals surface area (Å²) in [5.74, 6) is 0.749. The molecule has 4 rings (SSSR count). The van der Waals surface area contributed by atoms with Crippen LogP contribution >= 0.6 is 0 Å². The summed E-state index contributed by atoms with van der Waals surface area (Å²) < 4.78 is 5.71. The second-order valence-corrected chi connectivity index (χ2v) is 7.82. The van der Waals surface area contributed by atoms with E-state index in [1.165, 1.54) is 0 Å². The fraction of sp³-hybridized carbons (Fsp3) is 0.280. The van der Waals surface area contributed by atoms with Gasteiger partial charge < -0.3 is 15.2 Å². The lowest BCUT2D eigenvalue weighted by Crippen LogP contribution is -2.24. The molecule has 0 aliphatic heterocycles. The van der Waals surface area contributed by atoms with Crippen LogP contribution in [0, 0.1) is 0 Å². The maximum atomic E-state index is 12.1. The average Bonchev–Trinajstić information content (AvgIpc) is 3.51. The number of ether oxygens (including phenoxy) is 1. The van der Waals surface area contributed by atoms with Crippen molar-refractivity contribution < 1.29 is 14.6 Å². The molecular formula is C25H26N2O3. The van der Waals surface area contributed by atoms with Gasteiger partial charge in [0.2, 0.25) is 5.91 Å². The topological polar surface area (TPSA) is 71.5 Å². The molecule has 1 heterocycles. The Morgan fingerprint density at radius 2 is 1.73 bits per heavy atom. The lowest BCUT2D eigenvalue weighted by Gasteiger charge is -2.10. The van der Waals surface area contributed by atoms with E-state index in [4.69, 9.17) is 4.74 Å². The summed E-state index contributed by atoms with van der Waals surface area (Å²) >= 11 is 0. The number of amides is 1. The minimum atomic E-state index is -0.480. The Morgan fingerprint density at radius 3 is 2.40 bits per heavy atom. The SMILES string of the molecule is O=C(Cc1ccc(-c2ccc(OCCC3(O)CC3)cc2)cn1)NCc1ccccc1. The van der Waals surface area contributed by atoms with E-state index in [1.807, 2.05) is 66.7 Å². The average molecular weight is 402 g/mol. The summed E-state index contributed by atoms with van der Waals surface area (Å²) in [6.45, 7) is 1.05. The van der Waals surface area contributed by atoms with Gasteiger partial charge in [0.15, 0.2) is 0 Å². The van der Waals surface area contributed by atoms with Gasteiger partial charge in [-0.15, -0.1) is 0 Å². The van der Waals surface area contributed by atoms with Gasteiger partial charge in [-0.1, -0.05) is 48.5 Å². The van der Waals surface area contributed by atoms with E-state index < -0.39 is 5.60 Å². The molecule has 5 heteroatoms. The first kappa shape index (κ1) is 20.1. The number of benzene rings is 2. The lowest BCUT2D eigenvalue weighted by atomic mass is 10.1. The van der Waals surface area contributed by atoms with Crippen molar-refractivity contribution in [2.75, 3.05) is 6.61 Å². The number of hydrogen-bond donors (Lipinski definition) is 2. The molecule has 3 aromatic rings. The van der Waals surface area contributed by atoms with E-state index in [0.29, 0.717) is 19.6 Å². The molecule has 1 amide bonds. The first-order valence-electron chi connectivity index (χ1n) is 10.3. The monoisotopic (exact) mass is 402 g/mol. The van der Waals surface area contributed by atoms with Gasteiger partial charge in [-0.05, 0) is 42.2 Å². The number of hydrogen-bond acceptors (Lipinski definition) is 4. The van der Waals surface area contributed by atoms with E-state index in [-0.39, 0.29) is 12.3 Å².